The van der Waals surface area contributed by atoms with Gasteiger partial charge in [0.25, 0.3) is 0 Å². The second kappa shape index (κ2) is 4.83. The maximum absolute atomic E-state index is 4.69. The number of hydrogen-bond donors (Lipinski definition) is 2. The first-order chi connectivity index (χ1) is 10.2. The molecule has 0 saturated heterocycles. The van der Waals surface area contributed by atoms with Crippen LogP contribution in [0.5, 0.6) is 0 Å². The highest BCUT2D eigenvalue weighted by Gasteiger charge is 2.53. The third kappa shape index (κ3) is 2.48. The van der Waals surface area contributed by atoms with Gasteiger partial charge in [-0.3, -0.25) is 0 Å². The Labute approximate surface area is 129 Å². The quantitative estimate of drug-likeness (QED) is 0.845. The van der Waals surface area contributed by atoms with Crippen LogP contribution in [0.15, 0.2) is 6.07 Å². The number of thiophene rings is 1. The number of nitrogens with zero attached hydrogens (tertiary/aromatic N) is 2. The highest BCUT2D eigenvalue weighted by atomic mass is 32.1. The van der Waals surface area contributed by atoms with Crippen molar-refractivity contribution < 1.29 is 0 Å². The van der Waals surface area contributed by atoms with Gasteiger partial charge in [0.2, 0.25) is 5.95 Å². The fraction of sp³-hybridized carbons (Fsp3) is 0.625. The molecule has 0 unspecified atom stereocenters. The summed E-state index contributed by atoms with van der Waals surface area (Å²) in [4.78, 5) is 11.7. The highest BCUT2D eigenvalue weighted by Crippen LogP contribution is 2.61. The lowest BCUT2D eigenvalue weighted by Crippen LogP contribution is -2.18. The molecule has 0 bridgehead atoms. The summed E-state index contributed by atoms with van der Waals surface area (Å²) in [5, 5.41) is 8.05. The smallest absolute Gasteiger partial charge is 0.226 e. The molecule has 2 aromatic rings. The Kier molecular flexibility index (Phi) is 3.06. The van der Waals surface area contributed by atoms with Crippen molar-refractivity contribution in [2.24, 2.45) is 11.3 Å². The molecule has 0 amide bonds. The van der Waals surface area contributed by atoms with E-state index in [-0.39, 0.29) is 0 Å². The van der Waals surface area contributed by atoms with Gasteiger partial charge >= 0.3 is 0 Å². The van der Waals surface area contributed by atoms with Gasteiger partial charge in [-0.1, -0.05) is 0 Å². The van der Waals surface area contributed by atoms with Crippen molar-refractivity contribution >= 4 is 33.3 Å². The lowest BCUT2D eigenvalue weighted by atomic mass is 10.0. The van der Waals surface area contributed by atoms with E-state index in [4.69, 9.17) is 0 Å². The number of rotatable bonds is 6. The fourth-order valence-electron chi connectivity index (χ4n) is 3.26. The molecule has 0 spiro atoms. The van der Waals surface area contributed by atoms with Crippen LogP contribution >= 0.6 is 11.3 Å². The van der Waals surface area contributed by atoms with Crippen LogP contribution in [0.1, 0.15) is 37.5 Å². The molecule has 21 heavy (non-hydrogen) atoms. The molecule has 2 aromatic heterocycles. The Bertz CT molecular complexity index is 670. The van der Waals surface area contributed by atoms with Crippen molar-refractivity contribution in [1.29, 1.82) is 0 Å². The maximum Gasteiger partial charge on any atom is 0.226 e. The number of fused-ring (bicyclic) bond motifs is 1. The molecule has 2 saturated carbocycles. The van der Waals surface area contributed by atoms with E-state index in [2.05, 4.69) is 40.5 Å². The van der Waals surface area contributed by atoms with Crippen molar-refractivity contribution in [3.8, 4) is 0 Å². The van der Waals surface area contributed by atoms with E-state index in [1.807, 2.05) is 0 Å². The fourth-order valence-corrected chi connectivity index (χ4v) is 4.14. The number of aryl methyl sites for hydroxylation is 1. The van der Waals surface area contributed by atoms with E-state index < -0.39 is 0 Å². The van der Waals surface area contributed by atoms with Gasteiger partial charge < -0.3 is 10.6 Å². The Balaban J connectivity index is 1.62. The van der Waals surface area contributed by atoms with Gasteiger partial charge in [-0.2, -0.15) is 4.98 Å². The molecule has 4 rings (SSSR count). The van der Waals surface area contributed by atoms with Crippen molar-refractivity contribution in [2.45, 2.75) is 39.5 Å². The first-order valence-corrected chi connectivity index (χ1v) is 8.78. The van der Waals surface area contributed by atoms with Gasteiger partial charge in [0.05, 0.1) is 5.39 Å². The van der Waals surface area contributed by atoms with Crippen LogP contribution in [0.2, 0.25) is 0 Å². The second-order valence-corrected chi connectivity index (χ2v) is 7.73. The molecule has 2 fully saturated rings. The summed E-state index contributed by atoms with van der Waals surface area (Å²) in [5.74, 6) is 2.72. The molecular formula is C16H22N4S. The lowest BCUT2D eigenvalue weighted by molar-refractivity contribution is 0.466. The monoisotopic (exact) mass is 302 g/mol. The largest absolute Gasteiger partial charge is 0.369 e. The van der Waals surface area contributed by atoms with Crippen LogP contribution in [0.4, 0.5) is 11.8 Å². The molecule has 5 heteroatoms. The number of hydrogen-bond acceptors (Lipinski definition) is 5. The summed E-state index contributed by atoms with van der Waals surface area (Å²) < 4.78 is 0. The highest BCUT2D eigenvalue weighted by molar-refractivity contribution is 7.18. The Morgan fingerprint density at radius 1 is 1.29 bits per heavy atom. The van der Waals surface area contributed by atoms with Gasteiger partial charge in [0, 0.05) is 18.0 Å². The van der Waals surface area contributed by atoms with E-state index in [9.17, 15) is 0 Å². The van der Waals surface area contributed by atoms with Crippen LogP contribution in [-0.2, 0) is 0 Å². The van der Waals surface area contributed by atoms with Gasteiger partial charge in [0.1, 0.15) is 10.6 Å². The summed E-state index contributed by atoms with van der Waals surface area (Å²) in [6, 6.07) is 2.20. The van der Waals surface area contributed by atoms with Crippen LogP contribution in [0.25, 0.3) is 10.2 Å². The lowest BCUT2D eigenvalue weighted by Gasteiger charge is -2.16. The Morgan fingerprint density at radius 3 is 2.76 bits per heavy atom. The van der Waals surface area contributed by atoms with Crippen molar-refractivity contribution in [3.05, 3.63) is 10.9 Å². The van der Waals surface area contributed by atoms with Crippen LogP contribution in [-0.4, -0.2) is 23.1 Å². The molecule has 0 atom stereocenters. The van der Waals surface area contributed by atoms with Gasteiger partial charge in [-0.05, 0) is 56.9 Å². The van der Waals surface area contributed by atoms with Crippen LogP contribution in [0.3, 0.4) is 0 Å². The molecule has 2 N–H and O–H groups in total. The minimum Gasteiger partial charge on any atom is -0.369 e. The minimum absolute atomic E-state index is 0.584. The molecule has 2 aliphatic carbocycles. The molecular weight excluding hydrogens is 280 g/mol. The standard InChI is InChI=1S/C16H22N4S/c1-3-17-15-19-13(12-8-10(2)21-14(12)20-15)18-9-16(6-7-16)11-4-5-11/h8,11H,3-7,9H2,1-2H3,(H2,17,18,19,20). The molecule has 0 radical (unpaired) electrons. The topological polar surface area (TPSA) is 49.8 Å². The molecule has 2 aliphatic rings. The third-order valence-corrected chi connectivity index (χ3v) is 5.74. The first-order valence-electron chi connectivity index (χ1n) is 7.96. The van der Waals surface area contributed by atoms with E-state index in [0.29, 0.717) is 5.41 Å². The van der Waals surface area contributed by atoms with Gasteiger partial charge in [-0.15, -0.1) is 11.3 Å². The zero-order chi connectivity index (χ0) is 14.4. The molecule has 112 valence electrons. The SMILES string of the molecule is CCNc1nc(NCC2(C3CC3)CC2)c2cc(C)sc2n1. The normalized spacial score (nSPS) is 19.7. The predicted octanol–water partition coefficient (Wildman–Crippen LogP) is 4.03. The van der Waals surface area contributed by atoms with Crippen molar-refractivity contribution in [2.75, 3.05) is 23.7 Å². The zero-order valence-electron chi connectivity index (χ0n) is 12.7. The summed E-state index contributed by atoms with van der Waals surface area (Å²) in [7, 11) is 0. The van der Waals surface area contributed by atoms with Crippen molar-refractivity contribution in [3.63, 3.8) is 0 Å². The molecule has 4 nitrogen and oxygen atoms in total. The molecule has 2 heterocycles. The minimum atomic E-state index is 0.584. The van der Waals surface area contributed by atoms with Gasteiger partial charge in [0.15, 0.2) is 0 Å². The number of anilines is 2. The van der Waals surface area contributed by atoms with E-state index >= 15 is 0 Å². The molecule has 0 aromatic carbocycles. The summed E-state index contributed by atoms with van der Waals surface area (Å²) in [6.07, 6.45) is 5.64. The average Bonchev–Trinajstić information content (AvgIpc) is 3.33. The van der Waals surface area contributed by atoms with Crippen LogP contribution < -0.4 is 10.6 Å². The second-order valence-electron chi connectivity index (χ2n) is 6.49. The number of aromatic nitrogens is 2. The van der Waals surface area contributed by atoms with Crippen molar-refractivity contribution in [1.82, 2.24) is 9.97 Å². The van der Waals surface area contributed by atoms with E-state index in [1.165, 1.54) is 35.9 Å². The van der Waals surface area contributed by atoms with E-state index in [1.54, 1.807) is 11.3 Å². The van der Waals surface area contributed by atoms with E-state index in [0.717, 1.165) is 35.6 Å². The van der Waals surface area contributed by atoms with Crippen LogP contribution in [0, 0.1) is 18.3 Å². The maximum atomic E-state index is 4.69. The average molecular weight is 302 g/mol. The zero-order valence-corrected chi connectivity index (χ0v) is 13.5. The summed E-state index contributed by atoms with van der Waals surface area (Å²) in [5.41, 5.74) is 0.584. The predicted molar refractivity (Wildman–Crippen MR) is 89.2 cm³/mol. The molecule has 0 aliphatic heterocycles. The number of nitrogens with one attached hydrogen (secondary N) is 2. The summed E-state index contributed by atoms with van der Waals surface area (Å²) >= 11 is 1.74. The third-order valence-electron chi connectivity index (χ3n) is 4.79. The summed E-state index contributed by atoms with van der Waals surface area (Å²) in [6.45, 7) is 6.13. The Morgan fingerprint density at radius 2 is 2.10 bits per heavy atom. The van der Waals surface area contributed by atoms with Gasteiger partial charge in [-0.25, -0.2) is 4.98 Å². The first kappa shape index (κ1) is 13.3. The Hall–Kier alpha value is -1.36.